The first-order valence-electron chi connectivity index (χ1n) is 2.35. The average Bonchev–Trinajstić information content (AvgIpc) is 2.42. The molecule has 0 aromatic heterocycles. The highest BCUT2D eigenvalue weighted by atomic mass is 16.7. The minimum Gasteiger partial charge on any atom is -0.368 e. The Bertz CT molecular complexity index is 115. The van der Waals surface area contributed by atoms with Crippen molar-refractivity contribution in [1.29, 1.82) is 0 Å². The summed E-state index contributed by atoms with van der Waals surface area (Å²) in [4.78, 5) is 14.9. The normalized spacial score (nSPS) is 34.6. The van der Waals surface area contributed by atoms with Crippen LogP contribution >= 0.6 is 0 Å². The highest BCUT2D eigenvalue weighted by molar-refractivity contribution is 5.82. The summed E-state index contributed by atoms with van der Waals surface area (Å²) in [6.07, 6.45) is 0. The molecule has 0 aromatic rings. The van der Waals surface area contributed by atoms with E-state index in [1.165, 1.54) is 12.2 Å². The summed E-state index contributed by atoms with van der Waals surface area (Å²) in [6, 6.07) is -0.167. The van der Waals surface area contributed by atoms with Crippen molar-refractivity contribution in [3.05, 3.63) is 0 Å². The standard InChI is InChI=1S/C4H8N2O2/c1-8-6-2-3(6)4(5)7/h3H,2H2,1H3,(H2,5,7). The summed E-state index contributed by atoms with van der Waals surface area (Å²) in [5, 5.41) is 1.52. The molecule has 1 aliphatic heterocycles. The third-order valence-electron chi connectivity index (χ3n) is 1.13. The Morgan fingerprint density at radius 3 is 2.75 bits per heavy atom. The van der Waals surface area contributed by atoms with E-state index in [0.717, 1.165) is 0 Å². The number of amides is 1. The molecular formula is C4H8N2O2. The molecule has 2 unspecified atom stereocenters. The minimum atomic E-state index is -0.313. The molecule has 0 aliphatic carbocycles. The van der Waals surface area contributed by atoms with Gasteiger partial charge in [-0.05, 0) is 0 Å². The lowest BCUT2D eigenvalue weighted by atomic mass is 10.5. The highest BCUT2D eigenvalue weighted by Crippen LogP contribution is 2.14. The summed E-state index contributed by atoms with van der Waals surface area (Å²) in [6.45, 7) is 0.645. The fraction of sp³-hybridized carbons (Fsp3) is 0.750. The van der Waals surface area contributed by atoms with E-state index in [1.807, 2.05) is 0 Å². The van der Waals surface area contributed by atoms with Crippen LogP contribution in [-0.4, -0.2) is 30.7 Å². The molecule has 1 rings (SSSR count). The van der Waals surface area contributed by atoms with Gasteiger partial charge in [0.25, 0.3) is 0 Å². The molecule has 4 nitrogen and oxygen atoms in total. The summed E-state index contributed by atoms with van der Waals surface area (Å²) < 4.78 is 0. The largest absolute Gasteiger partial charge is 0.368 e. The van der Waals surface area contributed by atoms with Gasteiger partial charge in [0.15, 0.2) is 0 Å². The first kappa shape index (κ1) is 5.53. The van der Waals surface area contributed by atoms with Crippen LogP contribution in [-0.2, 0) is 9.63 Å². The number of primary amides is 1. The molecule has 0 spiro atoms. The topological polar surface area (TPSA) is 55.3 Å². The van der Waals surface area contributed by atoms with Crippen molar-refractivity contribution in [2.45, 2.75) is 6.04 Å². The van der Waals surface area contributed by atoms with Crippen molar-refractivity contribution < 1.29 is 9.63 Å². The molecule has 0 bridgehead atoms. The average molecular weight is 116 g/mol. The van der Waals surface area contributed by atoms with E-state index in [9.17, 15) is 4.79 Å². The summed E-state index contributed by atoms with van der Waals surface area (Å²) >= 11 is 0. The van der Waals surface area contributed by atoms with Crippen molar-refractivity contribution in [2.75, 3.05) is 13.7 Å². The fourth-order valence-corrected chi connectivity index (χ4v) is 0.557. The Morgan fingerprint density at radius 1 is 2.00 bits per heavy atom. The van der Waals surface area contributed by atoms with E-state index in [-0.39, 0.29) is 11.9 Å². The first-order valence-corrected chi connectivity index (χ1v) is 2.35. The first-order chi connectivity index (χ1) is 3.75. The lowest BCUT2D eigenvalue weighted by Gasteiger charge is -1.92. The van der Waals surface area contributed by atoms with Crippen LogP contribution in [0.3, 0.4) is 0 Å². The fourth-order valence-electron chi connectivity index (χ4n) is 0.557. The van der Waals surface area contributed by atoms with Crippen LogP contribution in [0, 0.1) is 0 Å². The predicted octanol–water partition coefficient (Wildman–Crippen LogP) is -1.28. The molecule has 2 N–H and O–H groups in total. The number of hydrogen-bond acceptors (Lipinski definition) is 3. The van der Waals surface area contributed by atoms with Gasteiger partial charge in [0.05, 0.1) is 13.7 Å². The molecular weight excluding hydrogens is 108 g/mol. The predicted molar refractivity (Wildman–Crippen MR) is 26.7 cm³/mol. The smallest absolute Gasteiger partial charge is 0.238 e. The van der Waals surface area contributed by atoms with Gasteiger partial charge in [-0.15, -0.1) is 0 Å². The van der Waals surface area contributed by atoms with Crippen LogP contribution < -0.4 is 5.73 Å². The number of carbonyl (C=O) groups is 1. The van der Waals surface area contributed by atoms with Crippen molar-refractivity contribution in [2.24, 2.45) is 5.73 Å². The van der Waals surface area contributed by atoms with Gasteiger partial charge >= 0.3 is 0 Å². The van der Waals surface area contributed by atoms with Crippen molar-refractivity contribution >= 4 is 5.91 Å². The third kappa shape index (κ3) is 0.801. The molecule has 1 fully saturated rings. The Hall–Kier alpha value is -0.610. The lowest BCUT2D eigenvalue weighted by molar-refractivity contribution is -0.122. The van der Waals surface area contributed by atoms with Crippen LogP contribution in [0.2, 0.25) is 0 Å². The Kier molecular flexibility index (Phi) is 1.19. The van der Waals surface area contributed by atoms with Gasteiger partial charge < -0.3 is 10.6 Å². The number of nitrogens with two attached hydrogens (primary N) is 1. The highest BCUT2D eigenvalue weighted by Gasteiger charge is 2.39. The molecule has 1 saturated heterocycles. The van der Waals surface area contributed by atoms with E-state index >= 15 is 0 Å². The van der Waals surface area contributed by atoms with E-state index in [0.29, 0.717) is 6.54 Å². The molecule has 46 valence electrons. The SMILES string of the molecule is CON1CC1C(N)=O. The van der Waals surface area contributed by atoms with Crippen LogP contribution in [0.4, 0.5) is 0 Å². The lowest BCUT2D eigenvalue weighted by Crippen LogP contribution is -2.21. The number of hydroxylamine groups is 2. The molecule has 0 saturated carbocycles. The number of nitrogens with zero attached hydrogens (tertiary/aromatic N) is 1. The second kappa shape index (κ2) is 1.72. The van der Waals surface area contributed by atoms with Crippen molar-refractivity contribution in [1.82, 2.24) is 5.06 Å². The molecule has 0 radical (unpaired) electrons. The monoisotopic (exact) mass is 116 g/mol. The van der Waals surface area contributed by atoms with Crippen LogP contribution in [0.15, 0.2) is 0 Å². The number of hydrogen-bond donors (Lipinski definition) is 1. The van der Waals surface area contributed by atoms with Gasteiger partial charge in [0, 0.05) is 0 Å². The van der Waals surface area contributed by atoms with Gasteiger partial charge in [-0.25, -0.2) is 0 Å². The third-order valence-corrected chi connectivity index (χ3v) is 1.13. The maximum atomic E-state index is 10.2. The summed E-state index contributed by atoms with van der Waals surface area (Å²) in [5.41, 5.74) is 4.90. The van der Waals surface area contributed by atoms with E-state index in [2.05, 4.69) is 4.84 Å². The van der Waals surface area contributed by atoms with Crippen LogP contribution in [0.25, 0.3) is 0 Å². The Balaban J connectivity index is 2.26. The molecule has 2 atom stereocenters. The van der Waals surface area contributed by atoms with E-state index < -0.39 is 0 Å². The molecule has 0 aromatic carbocycles. The molecule has 1 amide bonds. The second-order valence-corrected chi connectivity index (χ2v) is 1.70. The van der Waals surface area contributed by atoms with Crippen molar-refractivity contribution in [3.63, 3.8) is 0 Å². The van der Waals surface area contributed by atoms with Crippen LogP contribution in [0.5, 0.6) is 0 Å². The van der Waals surface area contributed by atoms with Gasteiger partial charge in [0.1, 0.15) is 6.04 Å². The Labute approximate surface area is 47.2 Å². The molecule has 4 heteroatoms. The van der Waals surface area contributed by atoms with Crippen LogP contribution in [0.1, 0.15) is 0 Å². The summed E-state index contributed by atoms with van der Waals surface area (Å²) in [5.74, 6) is -0.313. The van der Waals surface area contributed by atoms with E-state index in [1.54, 1.807) is 0 Å². The van der Waals surface area contributed by atoms with E-state index in [4.69, 9.17) is 5.73 Å². The summed E-state index contributed by atoms with van der Waals surface area (Å²) in [7, 11) is 1.52. The molecule has 8 heavy (non-hydrogen) atoms. The second-order valence-electron chi connectivity index (χ2n) is 1.70. The van der Waals surface area contributed by atoms with Gasteiger partial charge in [-0.1, -0.05) is 0 Å². The number of carbonyl (C=O) groups excluding carboxylic acids is 1. The Morgan fingerprint density at radius 2 is 2.62 bits per heavy atom. The maximum Gasteiger partial charge on any atom is 0.238 e. The quantitative estimate of drug-likeness (QED) is 0.457. The molecule has 1 aliphatic rings. The van der Waals surface area contributed by atoms with Gasteiger partial charge in [-0.2, -0.15) is 5.06 Å². The van der Waals surface area contributed by atoms with Gasteiger partial charge in [-0.3, -0.25) is 4.79 Å². The van der Waals surface area contributed by atoms with Crippen molar-refractivity contribution in [3.8, 4) is 0 Å². The maximum absolute atomic E-state index is 10.2. The van der Waals surface area contributed by atoms with Gasteiger partial charge in [0.2, 0.25) is 5.91 Å². The molecule has 1 heterocycles. The minimum absolute atomic E-state index is 0.167. The number of rotatable bonds is 2. The zero-order valence-corrected chi connectivity index (χ0v) is 4.63. The zero-order chi connectivity index (χ0) is 6.15. The zero-order valence-electron chi connectivity index (χ0n) is 4.63.